The molecule has 5 fully saturated rings. The monoisotopic (exact) mass is 347 g/mol. The maximum atomic E-state index is 9.12. The third-order valence-electron chi connectivity index (χ3n) is 7.07. The third kappa shape index (κ3) is 2.65. The fourth-order valence-electron chi connectivity index (χ4n) is 5.94. The van der Waals surface area contributed by atoms with Gasteiger partial charge in [0.15, 0.2) is 5.79 Å². The van der Waals surface area contributed by atoms with Crippen molar-refractivity contribution in [1.82, 2.24) is 0 Å². The molecule has 4 unspecified atom stereocenters. The Kier molecular flexibility index (Phi) is 3.91. The Morgan fingerprint density at radius 2 is 1.84 bits per heavy atom. The Morgan fingerprint density at radius 3 is 2.64 bits per heavy atom. The van der Waals surface area contributed by atoms with Crippen molar-refractivity contribution in [2.75, 3.05) is 0 Å². The summed E-state index contributed by atoms with van der Waals surface area (Å²) in [7, 11) is 0. The lowest BCUT2D eigenvalue weighted by Crippen LogP contribution is -2.53. The first-order valence-electron chi connectivity index (χ1n) is 10.2. The van der Waals surface area contributed by atoms with Gasteiger partial charge in [0.05, 0.1) is 36.1 Å². The molecule has 3 aliphatic heterocycles. The van der Waals surface area contributed by atoms with Crippen molar-refractivity contribution in [3.05, 3.63) is 0 Å². The van der Waals surface area contributed by atoms with E-state index in [1.165, 1.54) is 19.3 Å². The number of ether oxygens (including phenoxy) is 4. The van der Waals surface area contributed by atoms with Crippen LogP contribution >= 0.6 is 0 Å². The fraction of sp³-hybridized carbons (Fsp3) is 0.950. The van der Waals surface area contributed by atoms with Crippen molar-refractivity contribution in [3.8, 4) is 6.07 Å². The standard InChI is InChI=1S/C20H29NO4/c1-13(12-21)9-14-5-6-17-19(23-14)10-15(22-17)18-16(11-19)24-20(25-18)7-3-2-4-8-20/h13-18H,2-11H2,1H3/t13-,14?,15?,16-,17?,18+,19?/m1/s1. The van der Waals surface area contributed by atoms with Crippen LogP contribution in [0.5, 0.6) is 0 Å². The molecule has 7 atom stereocenters. The molecule has 0 amide bonds. The summed E-state index contributed by atoms with van der Waals surface area (Å²) in [4.78, 5) is 0. The highest BCUT2D eigenvalue weighted by Crippen LogP contribution is 2.55. The minimum atomic E-state index is -0.350. The molecule has 0 aromatic heterocycles. The van der Waals surface area contributed by atoms with Crippen molar-refractivity contribution in [3.63, 3.8) is 0 Å². The van der Waals surface area contributed by atoms with E-state index in [2.05, 4.69) is 6.07 Å². The number of fused-ring (bicyclic) bond motifs is 3. The summed E-state index contributed by atoms with van der Waals surface area (Å²) in [6, 6.07) is 2.35. The van der Waals surface area contributed by atoms with E-state index in [-0.39, 0.29) is 47.8 Å². The van der Waals surface area contributed by atoms with E-state index in [0.717, 1.165) is 44.9 Å². The second-order valence-corrected chi connectivity index (χ2v) is 8.93. The van der Waals surface area contributed by atoms with Crippen LogP contribution in [0.25, 0.3) is 0 Å². The van der Waals surface area contributed by atoms with E-state index in [1.54, 1.807) is 0 Å². The van der Waals surface area contributed by atoms with Crippen LogP contribution in [-0.4, -0.2) is 41.9 Å². The third-order valence-corrected chi connectivity index (χ3v) is 7.07. The summed E-state index contributed by atoms with van der Waals surface area (Å²) in [6.45, 7) is 1.98. The van der Waals surface area contributed by atoms with Gasteiger partial charge in [0.2, 0.25) is 0 Å². The van der Waals surface area contributed by atoms with Crippen LogP contribution in [0.2, 0.25) is 0 Å². The van der Waals surface area contributed by atoms with Gasteiger partial charge in [-0.3, -0.25) is 0 Å². The molecule has 5 aliphatic rings. The van der Waals surface area contributed by atoms with Crippen LogP contribution < -0.4 is 0 Å². The van der Waals surface area contributed by atoms with Crippen molar-refractivity contribution in [1.29, 1.82) is 5.26 Å². The molecule has 0 radical (unpaired) electrons. The zero-order valence-corrected chi connectivity index (χ0v) is 15.1. The van der Waals surface area contributed by atoms with Gasteiger partial charge in [0.25, 0.3) is 0 Å². The lowest BCUT2D eigenvalue weighted by Gasteiger charge is -2.44. The van der Waals surface area contributed by atoms with Crippen LogP contribution in [0.1, 0.15) is 71.1 Å². The summed E-state index contributed by atoms with van der Waals surface area (Å²) >= 11 is 0. The average Bonchev–Trinajstić information content (AvgIpc) is 3.11. The van der Waals surface area contributed by atoms with Crippen molar-refractivity contribution >= 4 is 0 Å². The molecule has 25 heavy (non-hydrogen) atoms. The number of hydrogen-bond acceptors (Lipinski definition) is 5. The smallest absolute Gasteiger partial charge is 0.169 e. The second-order valence-electron chi connectivity index (χ2n) is 8.93. The lowest BCUT2D eigenvalue weighted by atomic mass is 9.76. The van der Waals surface area contributed by atoms with Gasteiger partial charge in [-0.05, 0) is 39.0 Å². The molecule has 5 rings (SSSR count). The highest BCUT2D eigenvalue weighted by atomic mass is 16.8. The van der Waals surface area contributed by atoms with Crippen LogP contribution in [-0.2, 0) is 18.9 Å². The Balaban J connectivity index is 1.33. The largest absolute Gasteiger partial charge is 0.369 e. The molecule has 3 heterocycles. The van der Waals surface area contributed by atoms with E-state index in [0.29, 0.717) is 0 Å². The predicted molar refractivity (Wildman–Crippen MR) is 89.7 cm³/mol. The molecule has 138 valence electrons. The van der Waals surface area contributed by atoms with E-state index in [1.807, 2.05) is 6.92 Å². The summed E-state index contributed by atoms with van der Waals surface area (Å²) in [5, 5.41) is 9.12. The molecule has 2 bridgehead atoms. The van der Waals surface area contributed by atoms with Gasteiger partial charge in [-0.25, -0.2) is 0 Å². The molecule has 5 heteroatoms. The lowest BCUT2D eigenvalue weighted by molar-refractivity contribution is -0.216. The Morgan fingerprint density at radius 1 is 1.04 bits per heavy atom. The first-order valence-corrected chi connectivity index (χ1v) is 10.2. The van der Waals surface area contributed by atoms with Gasteiger partial charge in [-0.15, -0.1) is 0 Å². The van der Waals surface area contributed by atoms with Gasteiger partial charge in [0, 0.05) is 31.6 Å². The van der Waals surface area contributed by atoms with E-state index in [4.69, 9.17) is 24.2 Å². The minimum Gasteiger partial charge on any atom is -0.369 e. The molecule has 2 saturated carbocycles. The van der Waals surface area contributed by atoms with Crippen molar-refractivity contribution in [2.45, 2.75) is 113 Å². The summed E-state index contributed by atoms with van der Waals surface area (Å²) < 4.78 is 26.0. The minimum absolute atomic E-state index is 0.0454. The zero-order chi connectivity index (χ0) is 17.1. The molecule has 3 saturated heterocycles. The number of nitrogens with zero attached hydrogens (tertiary/aromatic N) is 1. The van der Waals surface area contributed by atoms with E-state index in [9.17, 15) is 0 Å². The van der Waals surface area contributed by atoms with Crippen molar-refractivity contribution < 1.29 is 18.9 Å². The summed E-state index contributed by atoms with van der Waals surface area (Å²) in [5.41, 5.74) is -0.215. The highest BCUT2D eigenvalue weighted by Gasteiger charge is 2.65. The Hall–Kier alpha value is -0.670. The maximum Gasteiger partial charge on any atom is 0.169 e. The van der Waals surface area contributed by atoms with Crippen LogP contribution in [0.15, 0.2) is 0 Å². The molecular formula is C20H29NO4. The SMILES string of the molecule is C[C@@H](C#N)CC1CCC2OC3CC2(C[C@H]2OC4(CCCCC4)O[C@@H]32)O1. The van der Waals surface area contributed by atoms with Gasteiger partial charge in [0.1, 0.15) is 6.10 Å². The normalized spacial score (nSPS) is 48.6. The van der Waals surface area contributed by atoms with Crippen molar-refractivity contribution in [2.24, 2.45) is 5.92 Å². The van der Waals surface area contributed by atoms with Gasteiger partial charge in [-0.1, -0.05) is 6.42 Å². The Bertz CT molecular complexity index is 569. The van der Waals surface area contributed by atoms with Crippen LogP contribution in [0.4, 0.5) is 0 Å². The second kappa shape index (κ2) is 5.92. The highest BCUT2D eigenvalue weighted by molar-refractivity contribution is 5.12. The van der Waals surface area contributed by atoms with E-state index < -0.39 is 0 Å². The van der Waals surface area contributed by atoms with Gasteiger partial charge >= 0.3 is 0 Å². The molecular weight excluding hydrogens is 318 g/mol. The zero-order valence-electron chi connectivity index (χ0n) is 15.1. The maximum absolute atomic E-state index is 9.12. The molecule has 5 nitrogen and oxygen atoms in total. The molecule has 0 aromatic carbocycles. The number of hydrogen-bond donors (Lipinski definition) is 0. The summed E-state index contributed by atoms with van der Waals surface area (Å²) in [5.74, 6) is -0.305. The molecule has 0 N–H and O–H groups in total. The average molecular weight is 347 g/mol. The van der Waals surface area contributed by atoms with Crippen LogP contribution in [0, 0.1) is 17.2 Å². The predicted octanol–water partition coefficient (Wildman–Crippen LogP) is 3.46. The fourth-order valence-corrected chi connectivity index (χ4v) is 5.94. The molecule has 2 spiro atoms. The Labute approximate surface area is 149 Å². The van der Waals surface area contributed by atoms with E-state index >= 15 is 0 Å². The number of nitriles is 1. The quantitative estimate of drug-likeness (QED) is 0.765. The molecule has 2 aliphatic carbocycles. The van der Waals surface area contributed by atoms with Crippen LogP contribution in [0.3, 0.4) is 0 Å². The number of rotatable bonds is 2. The van der Waals surface area contributed by atoms with Gasteiger partial charge in [-0.2, -0.15) is 5.26 Å². The van der Waals surface area contributed by atoms with Gasteiger partial charge < -0.3 is 18.9 Å². The first kappa shape index (κ1) is 16.5. The topological polar surface area (TPSA) is 60.7 Å². The first-order chi connectivity index (χ1) is 12.1. The summed E-state index contributed by atoms with van der Waals surface area (Å²) in [6.07, 6.45) is 11.0. The molecule has 0 aromatic rings.